The van der Waals surface area contributed by atoms with Gasteiger partial charge in [0.1, 0.15) is 5.76 Å². The average molecular weight is 172 g/mol. The molecule has 3 heteroatoms. The van der Waals surface area contributed by atoms with Gasteiger partial charge >= 0.3 is 0 Å². The van der Waals surface area contributed by atoms with Crippen molar-refractivity contribution in [1.82, 2.24) is 4.98 Å². The zero-order chi connectivity index (χ0) is 7.84. The molecule has 1 aromatic rings. The molecule has 0 unspecified atom stereocenters. The predicted octanol–water partition coefficient (Wildman–Crippen LogP) is 2.60. The summed E-state index contributed by atoms with van der Waals surface area (Å²) in [5, 5.41) is 0. The van der Waals surface area contributed by atoms with Gasteiger partial charge in [0.2, 0.25) is 0 Å². The van der Waals surface area contributed by atoms with Crippen LogP contribution in [0.1, 0.15) is 36.1 Å². The Morgan fingerprint density at radius 3 is 2.82 bits per heavy atom. The molecule has 0 bridgehead atoms. The molecule has 0 amide bonds. The second-order valence-electron chi connectivity index (χ2n) is 2.96. The molecule has 0 aromatic carbocycles. The molecule has 11 heavy (non-hydrogen) atoms. The van der Waals surface area contributed by atoms with E-state index in [0.29, 0.717) is 11.8 Å². The van der Waals surface area contributed by atoms with Crippen molar-refractivity contribution >= 4 is 11.6 Å². The molecule has 0 radical (unpaired) electrons. The maximum Gasteiger partial charge on any atom is 0.197 e. The maximum absolute atomic E-state index is 5.65. The number of hydrogen-bond donors (Lipinski definition) is 0. The lowest BCUT2D eigenvalue weighted by molar-refractivity contribution is 0.472. The Kier molecular flexibility index (Phi) is 1.64. The molecule has 60 valence electrons. The lowest BCUT2D eigenvalue weighted by Crippen LogP contribution is -1.81. The van der Waals surface area contributed by atoms with Gasteiger partial charge in [0, 0.05) is 5.92 Å². The van der Waals surface area contributed by atoms with Crippen molar-refractivity contribution in [3.8, 4) is 0 Å². The summed E-state index contributed by atoms with van der Waals surface area (Å²) >= 11 is 5.65. The van der Waals surface area contributed by atoms with Crippen LogP contribution in [0.15, 0.2) is 4.42 Å². The first-order valence-electron chi connectivity index (χ1n) is 3.83. The summed E-state index contributed by atoms with van der Waals surface area (Å²) < 4.78 is 5.43. The molecule has 2 nitrogen and oxygen atoms in total. The third kappa shape index (κ3) is 1.27. The lowest BCUT2D eigenvalue weighted by atomic mass is 10.4. The summed E-state index contributed by atoms with van der Waals surface area (Å²) in [6.07, 6.45) is 2.45. The van der Waals surface area contributed by atoms with Crippen molar-refractivity contribution in [1.29, 1.82) is 0 Å². The van der Waals surface area contributed by atoms with E-state index in [2.05, 4.69) is 4.98 Å². The molecular formula is C8H10ClNO. The average Bonchev–Trinajstić information content (AvgIpc) is 2.76. The topological polar surface area (TPSA) is 26.0 Å². The first kappa shape index (κ1) is 7.17. The Bertz CT molecular complexity index is 265. The normalized spacial score (nSPS) is 17.3. The summed E-state index contributed by atoms with van der Waals surface area (Å²) in [6, 6.07) is 0. The van der Waals surface area contributed by atoms with E-state index in [4.69, 9.17) is 16.0 Å². The van der Waals surface area contributed by atoms with Crippen LogP contribution in [0.5, 0.6) is 0 Å². The van der Waals surface area contributed by atoms with Crippen LogP contribution in [0.25, 0.3) is 0 Å². The van der Waals surface area contributed by atoms with Crippen molar-refractivity contribution in [2.45, 2.75) is 31.6 Å². The monoisotopic (exact) mass is 171 g/mol. The smallest absolute Gasteiger partial charge is 0.197 e. The van der Waals surface area contributed by atoms with E-state index < -0.39 is 0 Å². The van der Waals surface area contributed by atoms with Crippen LogP contribution in [0.4, 0.5) is 0 Å². The minimum atomic E-state index is 0.460. The zero-order valence-corrected chi connectivity index (χ0v) is 7.19. The number of aryl methyl sites for hydroxylation is 1. The van der Waals surface area contributed by atoms with Crippen LogP contribution in [0.3, 0.4) is 0 Å². The molecule has 2 rings (SSSR count). The van der Waals surface area contributed by atoms with Crippen LogP contribution in [-0.4, -0.2) is 4.98 Å². The Labute approximate surface area is 70.6 Å². The molecule has 0 N–H and O–H groups in total. The molecule has 1 fully saturated rings. The molecule has 1 aromatic heterocycles. The Morgan fingerprint density at radius 1 is 1.64 bits per heavy atom. The molecule has 1 aliphatic carbocycles. The molecule has 1 aliphatic rings. The highest BCUT2D eigenvalue weighted by molar-refractivity contribution is 6.16. The van der Waals surface area contributed by atoms with Gasteiger partial charge in [-0.25, -0.2) is 4.98 Å². The van der Waals surface area contributed by atoms with Gasteiger partial charge in [0.05, 0.1) is 11.6 Å². The number of halogens is 1. The molecule has 0 saturated heterocycles. The van der Waals surface area contributed by atoms with Crippen molar-refractivity contribution in [3.05, 3.63) is 17.3 Å². The SMILES string of the molecule is Cc1oc(C2CC2)nc1CCl. The molecular weight excluding hydrogens is 162 g/mol. The third-order valence-electron chi connectivity index (χ3n) is 1.96. The number of aromatic nitrogens is 1. The Hall–Kier alpha value is -0.500. The minimum Gasteiger partial charge on any atom is -0.445 e. The molecule has 0 aliphatic heterocycles. The van der Waals surface area contributed by atoms with Gasteiger partial charge in [-0.2, -0.15) is 0 Å². The summed E-state index contributed by atoms with van der Waals surface area (Å²) in [4.78, 5) is 4.29. The Balaban J connectivity index is 2.28. The van der Waals surface area contributed by atoms with E-state index in [-0.39, 0.29) is 0 Å². The second-order valence-corrected chi connectivity index (χ2v) is 3.23. The molecule has 1 saturated carbocycles. The van der Waals surface area contributed by atoms with Crippen LogP contribution in [0.2, 0.25) is 0 Å². The summed E-state index contributed by atoms with van der Waals surface area (Å²) in [6.45, 7) is 1.91. The number of rotatable bonds is 2. The summed E-state index contributed by atoms with van der Waals surface area (Å²) in [5.41, 5.74) is 0.897. The first-order valence-corrected chi connectivity index (χ1v) is 4.37. The van der Waals surface area contributed by atoms with Gasteiger partial charge in [-0.1, -0.05) is 0 Å². The number of oxazole rings is 1. The van der Waals surface area contributed by atoms with Gasteiger partial charge in [-0.05, 0) is 19.8 Å². The number of hydrogen-bond acceptors (Lipinski definition) is 2. The van der Waals surface area contributed by atoms with E-state index in [1.54, 1.807) is 0 Å². The fourth-order valence-corrected chi connectivity index (χ4v) is 1.33. The highest BCUT2D eigenvalue weighted by atomic mass is 35.5. The summed E-state index contributed by atoms with van der Waals surface area (Å²) in [7, 11) is 0. The Morgan fingerprint density at radius 2 is 2.36 bits per heavy atom. The predicted molar refractivity (Wildman–Crippen MR) is 42.8 cm³/mol. The molecule has 1 heterocycles. The quantitative estimate of drug-likeness (QED) is 0.640. The fraction of sp³-hybridized carbons (Fsp3) is 0.625. The van der Waals surface area contributed by atoms with E-state index in [0.717, 1.165) is 17.3 Å². The van der Waals surface area contributed by atoms with Crippen molar-refractivity contribution in [3.63, 3.8) is 0 Å². The van der Waals surface area contributed by atoms with Crippen LogP contribution in [-0.2, 0) is 5.88 Å². The first-order chi connectivity index (χ1) is 5.31. The van der Waals surface area contributed by atoms with Gasteiger partial charge in [0.15, 0.2) is 5.89 Å². The maximum atomic E-state index is 5.65. The number of nitrogens with zero attached hydrogens (tertiary/aromatic N) is 1. The van der Waals surface area contributed by atoms with Gasteiger partial charge in [-0.3, -0.25) is 0 Å². The van der Waals surface area contributed by atoms with Crippen LogP contribution < -0.4 is 0 Å². The van der Waals surface area contributed by atoms with E-state index in [9.17, 15) is 0 Å². The standard InChI is InChI=1S/C8H10ClNO/c1-5-7(4-9)10-8(11-5)6-2-3-6/h6H,2-4H2,1H3. The van der Waals surface area contributed by atoms with Crippen molar-refractivity contribution in [2.75, 3.05) is 0 Å². The van der Waals surface area contributed by atoms with E-state index >= 15 is 0 Å². The van der Waals surface area contributed by atoms with Gasteiger partial charge in [-0.15, -0.1) is 11.6 Å². The molecule has 0 spiro atoms. The van der Waals surface area contributed by atoms with Crippen molar-refractivity contribution in [2.24, 2.45) is 0 Å². The van der Waals surface area contributed by atoms with Crippen molar-refractivity contribution < 1.29 is 4.42 Å². The molecule has 0 atom stereocenters. The summed E-state index contributed by atoms with van der Waals surface area (Å²) in [5.74, 6) is 2.81. The highest BCUT2D eigenvalue weighted by Gasteiger charge is 2.29. The van der Waals surface area contributed by atoms with Gasteiger partial charge in [0.25, 0.3) is 0 Å². The second kappa shape index (κ2) is 2.52. The van der Waals surface area contributed by atoms with Crippen LogP contribution in [0, 0.1) is 6.92 Å². The van der Waals surface area contributed by atoms with E-state index in [1.807, 2.05) is 6.92 Å². The van der Waals surface area contributed by atoms with E-state index in [1.165, 1.54) is 12.8 Å². The number of alkyl halides is 1. The fourth-order valence-electron chi connectivity index (χ4n) is 1.08. The highest BCUT2D eigenvalue weighted by Crippen LogP contribution is 2.40. The van der Waals surface area contributed by atoms with Gasteiger partial charge < -0.3 is 4.42 Å². The minimum absolute atomic E-state index is 0.460. The third-order valence-corrected chi connectivity index (χ3v) is 2.22. The lowest BCUT2D eigenvalue weighted by Gasteiger charge is -1.83. The van der Waals surface area contributed by atoms with Crippen LogP contribution >= 0.6 is 11.6 Å². The zero-order valence-electron chi connectivity index (χ0n) is 6.43. The largest absolute Gasteiger partial charge is 0.445 e.